The fourth-order valence-corrected chi connectivity index (χ4v) is 3.95. The van der Waals surface area contributed by atoms with Gasteiger partial charge in [0.05, 0.1) is 5.69 Å². The van der Waals surface area contributed by atoms with E-state index in [0.29, 0.717) is 22.1 Å². The van der Waals surface area contributed by atoms with Crippen molar-refractivity contribution in [3.05, 3.63) is 95.5 Å². The van der Waals surface area contributed by atoms with Crippen molar-refractivity contribution in [1.29, 1.82) is 0 Å². The Hall–Kier alpha value is -2.89. The molecule has 1 heterocycles. The van der Waals surface area contributed by atoms with Gasteiger partial charge in [0.15, 0.2) is 11.1 Å². The first-order valence-electron chi connectivity index (χ1n) is 8.63. The zero-order valence-electron chi connectivity index (χ0n) is 14.7. The van der Waals surface area contributed by atoms with Crippen molar-refractivity contribution in [1.82, 2.24) is 0 Å². The van der Waals surface area contributed by atoms with E-state index in [1.54, 1.807) is 24.3 Å². The molecule has 0 radical (unpaired) electrons. The molecule has 6 heteroatoms. The van der Waals surface area contributed by atoms with E-state index in [9.17, 15) is 9.59 Å². The normalized spacial score (nSPS) is 16.8. The largest absolute Gasteiger partial charge is 0.272 e. The molecule has 0 fully saturated rings. The van der Waals surface area contributed by atoms with Crippen LogP contribution in [0, 0.1) is 0 Å². The Kier molecular flexibility index (Phi) is 5.28. The molecule has 1 aliphatic rings. The molecule has 138 valence electrons. The molecule has 28 heavy (non-hydrogen) atoms. The van der Waals surface area contributed by atoms with Gasteiger partial charge in [-0.3, -0.25) is 14.5 Å². The van der Waals surface area contributed by atoms with Gasteiger partial charge < -0.3 is 0 Å². The summed E-state index contributed by atoms with van der Waals surface area (Å²) < 4.78 is 0. The molecule has 4 rings (SSSR count). The third-order valence-corrected chi connectivity index (χ3v) is 5.65. The van der Waals surface area contributed by atoms with Gasteiger partial charge in [-0.25, -0.2) is 0 Å². The molecular formula is C22H15ClN2O2S. The van der Waals surface area contributed by atoms with Crippen LogP contribution in [-0.4, -0.2) is 22.9 Å². The number of anilines is 1. The Morgan fingerprint density at radius 2 is 1.43 bits per heavy atom. The first kappa shape index (κ1) is 18.5. The van der Waals surface area contributed by atoms with Gasteiger partial charge in [-0.15, -0.1) is 11.8 Å². The van der Waals surface area contributed by atoms with Crippen molar-refractivity contribution in [3.63, 3.8) is 0 Å². The minimum Gasteiger partial charge on any atom is -0.272 e. The van der Waals surface area contributed by atoms with Gasteiger partial charge in [-0.2, -0.15) is 4.99 Å². The smallest absolute Gasteiger partial charge is 0.270 e. The lowest BCUT2D eigenvalue weighted by Crippen LogP contribution is -2.49. The summed E-state index contributed by atoms with van der Waals surface area (Å²) in [5, 5.41) is -0.352. The highest BCUT2D eigenvalue weighted by Gasteiger charge is 2.39. The number of benzene rings is 3. The van der Waals surface area contributed by atoms with Gasteiger partial charge in [0.1, 0.15) is 0 Å². The van der Waals surface area contributed by atoms with Gasteiger partial charge in [-0.1, -0.05) is 60.1 Å². The number of amides is 2. The molecule has 1 aliphatic heterocycles. The molecule has 0 saturated heterocycles. The maximum Gasteiger partial charge on any atom is 0.270 e. The lowest BCUT2D eigenvalue weighted by Gasteiger charge is -2.31. The number of para-hydroxylation sites is 1. The second-order valence-electron chi connectivity index (χ2n) is 6.10. The van der Waals surface area contributed by atoms with Crippen LogP contribution in [0.5, 0.6) is 0 Å². The molecular weight excluding hydrogens is 392 g/mol. The summed E-state index contributed by atoms with van der Waals surface area (Å²) >= 11 is 7.11. The molecule has 0 N–H and O–H groups in total. The number of hydrogen-bond acceptors (Lipinski definition) is 3. The summed E-state index contributed by atoms with van der Waals surface area (Å²) in [5.41, 5.74) is 1.38. The minimum atomic E-state index is -0.950. The van der Waals surface area contributed by atoms with Crippen molar-refractivity contribution in [3.8, 4) is 0 Å². The summed E-state index contributed by atoms with van der Waals surface area (Å²) in [6, 6.07) is 25.5. The van der Waals surface area contributed by atoms with Crippen LogP contribution in [0.25, 0.3) is 0 Å². The van der Waals surface area contributed by atoms with Crippen LogP contribution in [0.15, 0.2) is 94.8 Å². The fourth-order valence-electron chi connectivity index (χ4n) is 2.90. The zero-order chi connectivity index (χ0) is 19.5. The van der Waals surface area contributed by atoms with Gasteiger partial charge in [0.25, 0.3) is 11.8 Å². The third kappa shape index (κ3) is 3.72. The topological polar surface area (TPSA) is 49.7 Å². The predicted molar refractivity (Wildman–Crippen MR) is 113 cm³/mol. The standard InChI is InChI=1S/C22H15ClN2O2S/c23-16-11-13-18(14-12-16)28-19-21(26)24-20(15-7-3-1-4-8-15)25(22(19)27)17-9-5-2-6-10-17/h1-14,19H. The number of hydrogen-bond donors (Lipinski definition) is 0. The summed E-state index contributed by atoms with van der Waals surface area (Å²) in [6.07, 6.45) is 0. The number of aliphatic imine (C=N–C) groups is 1. The summed E-state index contributed by atoms with van der Waals surface area (Å²) in [7, 11) is 0. The summed E-state index contributed by atoms with van der Waals surface area (Å²) in [6.45, 7) is 0. The number of thioether (sulfide) groups is 1. The quantitative estimate of drug-likeness (QED) is 0.583. The highest BCUT2D eigenvalue weighted by atomic mass is 35.5. The van der Waals surface area contributed by atoms with Crippen LogP contribution in [0.3, 0.4) is 0 Å². The number of halogens is 1. The molecule has 2 amide bonds. The SMILES string of the molecule is O=C1N=C(c2ccccc2)N(c2ccccc2)C(=O)C1Sc1ccc(Cl)cc1. The van der Waals surface area contributed by atoms with Crippen molar-refractivity contribution in [2.24, 2.45) is 4.99 Å². The average Bonchev–Trinajstić information content (AvgIpc) is 2.73. The first-order chi connectivity index (χ1) is 13.6. The van der Waals surface area contributed by atoms with Gasteiger partial charge >= 0.3 is 0 Å². The van der Waals surface area contributed by atoms with E-state index in [1.807, 2.05) is 60.7 Å². The van der Waals surface area contributed by atoms with Gasteiger partial charge in [0.2, 0.25) is 0 Å². The van der Waals surface area contributed by atoms with E-state index in [1.165, 1.54) is 16.7 Å². The van der Waals surface area contributed by atoms with E-state index < -0.39 is 11.2 Å². The molecule has 3 aromatic carbocycles. The average molecular weight is 407 g/mol. The first-order valence-corrected chi connectivity index (χ1v) is 9.88. The monoisotopic (exact) mass is 406 g/mol. The highest BCUT2D eigenvalue weighted by molar-refractivity contribution is 8.01. The number of carbonyl (C=O) groups is 2. The van der Waals surface area contributed by atoms with Crippen LogP contribution < -0.4 is 4.90 Å². The molecule has 4 nitrogen and oxygen atoms in total. The van der Waals surface area contributed by atoms with Crippen molar-refractivity contribution in [2.75, 3.05) is 4.90 Å². The van der Waals surface area contributed by atoms with E-state index in [0.717, 1.165) is 4.90 Å². The second-order valence-corrected chi connectivity index (χ2v) is 7.72. The van der Waals surface area contributed by atoms with Crippen LogP contribution in [0.2, 0.25) is 5.02 Å². The lowest BCUT2D eigenvalue weighted by molar-refractivity contribution is -0.125. The Bertz CT molecular complexity index is 1040. The Labute approximate surface area is 171 Å². The van der Waals surface area contributed by atoms with Crippen LogP contribution >= 0.6 is 23.4 Å². The molecule has 1 atom stereocenters. The van der Waals surface area contributed by atoms with E-state index in [4.69, 9.17) is 11.6 Å². The number of carbonyl (C=O) groups excluding carboxylic acids is 2. The molecule has 0 aromatic heterocycles. The highest BCUT2D eigenvalue weighted by Crippen LogP contribution is 2.32. The van der Waals surface area contributed by atoms with Gasteiger partial charge in [0, 0.05) is 15.5 Å². The zero-order valence-corrected chi connectivity index (χ0v) is 16.2. The third-order valence-electron chi connectivity index (χ3n) is 4.21. The van der Waals surface area contributed by atoms with Gasteiger partial charge in [-0.05, 0) is 36.4 Å². The maximum absolute atomic E-state index is 13.4. The van der Waals surface area contributed by atoms with Crippen LogP contribution in [0.1, 0.15) is 5.56 Å². The molecule has 1 unspecified atom stereocenters. The maximum atomic E-state index is 13.4. The van der Waals surface area contributed by atoms with E-state index in [-0.39, 0.29) is 5.91 Å². The van der Waals surface area contributed by atoms with Crippen molar-refractivity contribution < 1.29 is 9.59 Å². The number of rotatable bonds is 4. The molecule has 0 saturated carbocycles. The van der Waals surface area contributed by atoms with Crippen molar-refractivity contribution >= 4 is 46.7 Å². The van der Waals surface area contributed by atoms with Crippen LogP contribution in [-0.2, 0) is 9.59 Å². The molecule has 0 bridgehead atoms. The Morgan fingerprint density at radius 1 is 0.821 bits per heavy atom. The minimum absolute atomic E-state index is 0.315. The van der Waals surface area contributed by atoms with E-state index in [2.05, 4.69) is 4.99 Å². The lowest BCUT2D eigenvalue weighted by atomic mass is 10.1. The fraction of sp³-hybridized carbons (Fsp3) is 0.0455. The number of nitrogens with zero attached hydrogens (tertiary/aromatic N) is 2. The Morgan fingerprint density at radius 3 is 2.07 bits per heavy atom. The molecule has 0 aliphatic carbocycles. The van der Waals surface area contributed by atoms with Crippen LogP contribution in [0.4, 0.5) is 5.69 Å². The predicted octanol–water partition coefficient (Wildman–Crippen LogP) is 4.82. The van der Waals surface area contributed by atoms with E-state index >= 15 is 0 Å². The molecule has 3 aromatic rings. The summed E-state index contributed by atoms with van der Waals surface area (Å²) in [5.74, 6) is -0.434. The second kappa shape index (κ2) is 8.00. The van der Waals surface area contributed by atoms with Crippen molar-refractivity contribution in [2.45, 2.75) is 10.1 Å². The summed E-state index contributed by atoms with van der Waals surface area (Å²) in [4.78, 5) is 32.7. The number of amidine groups is 1. The Balaban J connectivity index is 1.76. The molecule has 0 spiro atoms.